The van der Waals surface area contributed by atoms with E-state index in [4.69, 9.17) is 19.9 Å². The molecule has 28 heavy (non-hydrogen) atoms. The fourth-order valence-corrected chi connectivity index (χ4v) is 2.31. The van der Waals surface area contributed by atoms with Crippen LogP contribution >= 0.6 is 0 Å². The summed E-state index contributed by atoms with van der Waals surface area (Å²) in [5, 5.41) is 0. The zero-order valence-electron chi connectivity index (χ0n) is 15.9. The number of amides is 1. The summed E-state index contributed by atoms with van der Waals surface area (Å²) in [5.74, 6) is 5.81. The molecule has 0 fully saturated rings. The monoisotopic (exact) mass is 386 g/mol. The first kappa shape index (κ1) is 21.1. The molecule has 0 aliphatic heterocycles. The number of ether oxygens (including phenoxy) is 3. The summed E-state index contributed by atoms with van der Waals surface area (Å²) >= 11 is 0. The normalized spacial score (nSPS) is 9.96. The maximum atomic E-state index is 13.0. The lowest BCUT2D eigenvalue weighted by Crippen LogP contribution is -2.33. The molecule has 0 saturated heterocycles. The average molecular weight is 386 g/mol. The van der Waals surface area contributed by atoms with Gasteiger partial charge >= 0.3 is 6.09 Å². The molecule has 2 aromatic rings. The second kappa shape index (κ2) is 10.8. The number of hydrogen-bond donors (Lipinski definition) is 1. The minimum atomic E-state index is -0.563. The molecule has 2 aromatic carbocycles. The fraction of sp³-hybridized carbons (Fsp3) is 0.286. The van der Waals surface area contributed by atoms with Gasteiger partial charge in [0.15, 0.2) is 0 Å². The fourth-order valence-electron chi connectivity index (χ4n) is 2.31. The zero-order valence-corrected chi connectivity index (χ0v) is 15.9. The second-order valence-corrected chi connectivity index (χ2v) is 5.76. The van der Waals surface area contributed by atoms with Crippen LogP contribution in [0.3, 0.4) is 0 Å². The van der Waals surface area contributed by atoms with Crippen LogP contribution in [-0.4, -0.2) is 33.0 Å². The highest BCUT2D eigenvalue weighted by Gasteiger charge is 2.19. The van der Waals surface area contributed by atoms with Crippen LogP contribution in [0.5, 0.6) is 5.75 Å². The van der Waals surface area contributed by atoms with Gasteiger partial charge in [-0.1, -0.05) is 18.1 Å². The van der Waals surface area contributed by atoms with E-state index in [2.05, 4.69) is 11.8 Å². The number of nitrogens with zero attached hydrogens (tertiary/aromatic N) is 1. The maximum absolute atomic E-state index is 13.0. The zero-order chi connectivity index (χ0) is 20.4. The standard InChI is InChI=1S/C21H23FN2O4/c1-3-4-11-24(21(25)27-13-12-26-2)20-10-9-18(14-19(20)23)28-15-16-5-7-17(22)8-6-16/h5-10,14H,11-13,15,23H2,1-2H3. The molecule has 7 heteroatoms. The molecule has 0 bridgehead atoms. The van der Waals surface area contributed by atoms with E-state index in [0.29, 0.717) is 23.7 Å². The van der Waals surface area contributed by atoms with Crippen molar-refractivity contribution in [1.82, 2.24) is 0 Å². The molecule has 0 spiro atoms. The number of nitrogen functional groups attached to an aromatic ring is 1. The van der Waals surface area contributed by atoms with Gasteiger partial charge in [-0.2, -0.15) is 0 Å². The molecule has 0 aromatic heterocycles. The quantitative estimate of drug-likeness (QED) is 0.426. The van der Waals surface area contributed by atoms with E-state index in [1.807, 2.05) is 0 Å². The van der Waals surface area contributed by atoms with Crippen molar-refractivity contribution in [3.05, 3.63) is 53.8 Å². The van der Waals surface area contributed by atoms with Crippen LogP contribution in [0, 0.1) is 17.7 Å². The number of nitrogens with two attached hydrogens (primary N) is 1. The lowest BCUT2D eigenvalue weighted by atomic mass is 10.2. The number of benzene rings is 2. The predicted molar refractivity (Wildman–Crippen MR) is 106 cm³/mol. The SMILES string of the molecule is CC#CCN(C(=O)OCCOC)c1ccc(OCc2ccc(F)cc2)cc1N. The van der Waals surface area contributed by atoms with E-state index >= 15 is 0 Å². The van der Waals surface area contributed by atoms with Gasteiger partial charge in [-0.25, -0.2) is 9.18 Å². The van der Waals surface area contributed by atoms with E-state index < -0.39 is 6.09 Å². The van der Waals surface area contributed by atoms with Gasteiger partial charge < -0.3 is 19.9 Å². The van der Waals surface area contributed by atoms with Gasteiger partial charge in [0.05, 0.1) is 24.5 Å². The summed E-state index contributed by atoms with van der Waals surface area (Å²) in [4.78, 5) is 13.7. The molecule has 148 valence electrons. The number of hydrogen-bond acceptors (Lipinski definition) is 5. The molecule has 1 amide bonds. The van der Waals surface area contributed by atoms with Crippen LogP contribution in [0.1, 0.15) is 12.5 Å². The number of carbonyl (C=O) groups excluding carboxylic acids is 1. The number of methoxy groups -OCH3 is 1. The van der Waals surface area contributed by atoms with E-state index in [-0.39, 0.29) is 25.6 Å². The van der Waals surface area contributed by atoms with E-state index in [9.17, 15) is 9.18 Å². The molecule has 0 atom stereocenters. The lowest BCUT2D eigenvalue weighted by Gasteiger charge is -2.22. The molecule has 0 saturated carbocycles. The molecule has 0 unspecified atom stereocenters. The van der Waals surface area contributed by atoms with Crippen LogP contribution in [0.25, 0.3) is 0 Å². The van der Waals surface area contributed by atoms with Crippen molar-refractivity contribution in [3.8, 4) is 17.6 Å². The first-order chi connectivity index (χ1) is 13.5. The van der Waals surface area contributed by atoms with Crippen LogP contribution in [0.15, 0.2) is 42.5 Å². The summed E-state index contributed by atoms with van der Waals surface area (Å²) in [6.07, 6.45) is -0.563. The predicted octanol–water partition coefficient (Wildman–Crippen LogP) is 3.60. The van der Waals surface area contributed by atoms with Crippen molar-refractivity contribution in [3.63, 3.8) is 0 Å². The Labute approximate surface area is 164 Å². The van der Waals surface area contributed by atoms with Gasteiger partial charge in [0, 0.05) is 13.2 Å². The Balaban J connectivity index is 2.10. The number of halogens is 1. The van der Waals surface area contributed by atoms with Crippen LogP contribution < -0.4 is 15.4 Å². The molecule has 0 aliphatic carbocycles. The third-order valence-electron chi connectivity index (χ3n) is 3.76. The molecule has 0 heterocycles. The highest BCUT2D eigenvalue weighted by Crippen LogP contribution is 2.28. The van der Waals surface area contributed by atoms with Crippen LogP contribution in [0.4, 0.5) is 20.6 Å². The summed E-state index contributed by atoms with van der Waals surface area (Å²) in [5.41, 5.74) is 7.77. The highest BCUT2D eigenvalue weighted by molar-refractivity contribution is 5.92. The molecule has 0 radical (unpaired) electrons. The first-order valence-electron chi connectivity index (χ1n) is 8.64. The smallest absolute Gasteiger partial charge is 0.415 e. The number of rotatable bonds is 8. The third-order valence-corrected chi connectivity index (χ3v) is 3.76. The van der Waals surface area contributed by atoms with Crippen molar-refractivity contribution >= 4 is 17.5 Å². The average Bonchev–Trinajstić information content (AvgIpc) is 2.69. The van der Waals surface area contributed by atoms with Crippen molar-refractivity contribution in [2.75, 3.05) is 37.5 Å². The van der Waals surface area contributed by atoms with Gasteiger partial charge in [-0.15, -0.1) is 5.92 Å². The molecule has 2 N–H and O–H groups in total. The highest BCUT2D eigenvalue weighted by atomic mass is 19.1. The van der Waals surface area contributed by atoms with Gasteiger partial charge in [-0.05, 0) is 36.8 Å². The van der Waals surface area contributed by atoms with Gasteiger partial charge in [-0.3, -0.25) is 4.90 Å². The Hall–Kier alpha value is -3.24. The van der Waals surface area contributed by atoms with Crippen LogP contribution in [0.2, 0.25) is 0 Å². The Morgan fingerprint density at radius 2 is 1.93 bits per heavy atom. The van der Waals surface area contributed by atoms with Crippen molar-refractivity contribution in [2.24, 2.45) is 0 Å². The molecule has 6 nitrogen and oxygen atoms in total. The molecule has 0 aliphatic rings. The van der Waals surface area contributed by atoms with E-state index in [1.165, 1.54) is 24.1 Å². The third kappa shape index (κ3) is 6.18. The Morgan fingerprint density at radius 1 is 1.18 bits per heavy atom. The second-order valence-electron chi connectivity index (χ2n) is 5.76. The van der Waals surface area contributed by atoms with Crippen molar-refractivity contribution in [2.45, 2.75) is 13.5 Å². The number of anilines is 2. The minimum absolute atomic E-state index is 0.129. The summed E-state index contributed by atoms with van der Waals surface area (Å²) in [6, 6.07) is 11.0. The lowest BCUT2D eigenvalue weighted by molar-refractivity contribution is 0.103. The van der Waals surface area contributed by atoms with E-state index in [1.54, 1.807) is 37.3 Å². The minimum Gasteiger partial charge on any atom is -0.489 e. The Kier molecular flexibility index (Phi) is 8.12. The summed E-state index contributed by atoms with van der Waals surface area (Å²) < 4.78 is 28.7. The molecule has 2 rings (SSSR count). The Morgan fingerprint density at radius 3 is 2.57 bits per heavy atom. The maximum Gasteiger partial charge on any atom is 0.415 e. The van der Waals surface area contributed by atoms with Crippen molar-refractivity contribution < 1.29 is 23.4 Å². The number of carbonyl (C=O) groups is 1. The topological polar surface area (TPSA) is 74.0 Å². The van der Waals surface area contributed by atoms with Gasteiger partial charge in [0.1, 0.15) is 24.8 Å². The van der Waals surface area contributed by atoms with E-state index in [0.717, 1.165) is 5.56 Å². The summed E-state index contributed by atoms with van der Waals surface area (Å²) in [7, 11) is 1.52. The van der Waals surface area contributed by atoms with Crippen LogP contribution in [-0.2, 0) is 16.1 Å². The van der Waals surface area contributed by atoms with Crippen molar-refractivity contribution in [1.29, 1.82) is 0 Å². The molecular formula is C21H23FN2O4. The largest absolute Gasteiger partial charge is 0.489 e. The van der Waals surface area contributed by atoms with Gasteiger partial charge in [0.25, 0.3) is 0 Å². The first-order valence-corrected chi connectivity index (χ1v) is 8.64. The molecular weight excluding hydrogens is 363 g/mol. The summed E-state index contributed by atoms with van der Waals surface area (Å²) in [6.45, 7) is 2.52. The Bertz CT molecular complexity index is 844. The van der Waals surface area contributed by atoms with Gasteiger partial charge in [0.2, 0.25) is 0 Å².